The monoisotopic (exact) mass is 307 g/mol. The molecule has 2 rings (SSSR count). The lowest BCUT2D eigenvalue weighted by Crippen LogP contribution is -2.20. The number of ether oxygens (including phenoxy) is 3. The Morgan fingerprint density at radius 2 is 2.14 bits per heavy atom. The Morgan fingerprint density at radius 1 is 1.36 bits per heavy atom. The van der Waals surface area contributed by atoms with Crippen LogP contribution in [0.3, 0.4) is 0 Å². The Morgan fingerprint density at radius 3 is 2.77 bits per heavy atom. The van der Waals surface area contributed by atoms with Gasteiger partial charge in [0.2, 0.25) is 11.5 Å². The van der Waals surface area contributed by atoms with Crippen LogP contribution in [0, 0.1) is 17.0 Å². The van der Waals surface area contributed by atoms with Gasteiger partial charge in [0.15, 0.2) is 6.61 Å². The molecule has 0 bridgehead atoms. The Kier molecular flexibility index (Phi) is 4.72. The lowest BCUT2D eigenvalue weighted by atomic mass is 10.1. The molecule has 0 aromatic heterocycles. The molecule has 0 saturated heterocycles. The number of aryl methyl sites for hydroxylation is 1. The molecular weight excluding hydrogens is 294 g/mol. The predicted octanol–water partition coefficient (Wildman–Crippen LogP) is 1.52. The van der Waals surface area contributed by atoms with Gasteiger partial charge in [-0.3, -0.25) is 14.9 Å². The Balaban J connectivity index is 2.00. The molecule has 1 aliphatic rings. The number of nitro groups is 1. The summed E-state index contributed by atoms with van der Waals surface area (Å²) in [6.45, 7) is 1.58. The molecule has 0 saturated carbocycles. The minimum Gasteiger partial charge on any atom is -0.493 e. The van der Waals surface area contributed by atoms with Crippen LogP contribution in [0.2, 0.25) is 0 Å². The number of nitro benzene ring substituents is 1. The average molecular weight is 307 g/mol. The number of Topliss-reactive ketones (excluding diaryl/α,β-unsaturated/α-hetero) is 1. The zero-order valence-corrected chi connectivity index (χ0v) is 11.7. The number of rotatable bonds is 5. The van der Waals surface area contributed by atoms with Crippen molar-refractivity contribution < 1.29 is 28.7 Å². The molecule has 0 fully saturated rings. The summed E-state index contributed by atoms with van der Waals surface area (Å²) in [6.07, 6.45) is 1.12. The summed E-state index contributed by atoms with van der Waals surface area (Å²) >= 11 is 0. The van der Waals surface area contributed by atoms with Crippen LogP contribution in [-0.4, -0.2) is 36.5 Å². The van der Waals surface area contributed by atoms with Crippen LogP contribution in [0.15, 0.2) is 30.2 Å². The lowest BCUT2D eigenvalue weighted by molar-refractivity contribution is -0.385. The van der Waals surface area contributed by atoms with Gasteiger partial charge in [0, 0.05) is 17.2 Å². The van der Waals surface area contributed by atoms with E-state index >= 15 is 0 Å². The topological polar surface area (TPSA) is 105 Å². The first-order valence-electron chi connectivity index (χ1n) is 6.39. The predicted molar refractivity (Wildman–Crippen MR) is 73.1 cm³/mol. The number of esters is 1. The summed E-state index contributed by atoms with van der Waals surface area (Å²) in [6, 6.07) is 4.07. The van der Waals surface area contributed by atoms with Crippen molar-refractivity contribution in [3.05, 3.63) is 51.5 Å². The molecule has 1 heterocycles. The van der Waals surface area contributed by atoms with Crippen molar-refractivity contribution in [2.24, 2.45) is 0 Å². The molecule has 8 heteroatoms. The van der Waals surface area contributed by atoms with Crippen LogP contribution in [0.25, 0.3) is 0 Å². The Hall–Kier alpha value is -2.90. The summed E-state index contributed by atoms with van der Waals surface area (Å²) in [5.74, 6) is -1.49. The molecule has 0 radical (unpaired) electrons. The molecule has 0 atom stereocenters. The van der Waals surface area contributed by atoms with Crippen molar-refractivity contribution in [1.29, 1.82) is 0 Å². The van der Waals surface area contributed by atoms with Crippen LogP contribution in [-0.2, 0) is 19.0 Å². The largest absolute Gasteiger partial charge is 0.493 e. The number of ketones is 1. The zero-order chi connectivity index (χ0) is 16.1. The highest BCUT2D eigenvalue weighted by atomic mass is 16.6. The first-order valence-corrected chi connectivity index (χ1v) is 6.39. The molecule has 0 amide bonds. The summed E-state index contributed by atoms with van der Waals surface area (Å²) < 4.78 is 14.7. The molecule has 0 N–H and O–H groups in total. The lowest BCUT2D eigenvalue weighted by Gasteiger charge is -2.14. The molecule has 0 unspecified atom stereocenters. The zero-order valence-electron chi connectivity index (χ0n) is 11.7. The average Bonchev–Trinajstić information content (AvgIpc) is 2.53. The molecule has 1 aromatic carbocycles. The molecular formula is C14H13NO7. The van der Waals surface area contributed by atoms with Gasteiger partial charge >= 0.3 is 5.97 Å². The van der Waals surface area contributed by atoms with E-state index < -0.39 is 23.3 Å². The van der Waals surface area contributed by atoms with Crippen LogP contribution in [0.5, 0.6) is 0 Å². The molecule has 0 aliphatic carbocycles. The number of benzene rings is 1. The van der Waals surface area contributed by atoms with Crippen LogP contribution < -0.4 is 0 Å². The second-order valence-electron chi connectivity index (χ2n) is 4.46. The summed E-state index contributed by atoms with van der Waals surface area (Å²) in [5, 5.41) is 10.8. The number of hydrogen-bond donors (Lipinski definition) is 0. The van der Waals surface area contributed by atoms with E-state index in [-0.39, 0.29) is 23.6 Å². The van der Waals surface area contributed by atoms with Gasteiger partial charge in [-0.2, -0.15) is 0 Å². The van der Waals surface area contributed by atoms with Crippen molar-refractivity contribution >= 4 is 17.4 Å². The highest BCUT2D eigenvalue weighted by Crippen LogP contribution is 2.19. The van der Waals surface area contributed by atoms with E-state index in [1.54, 1.807) is 6.92 Å². The Labute approximate surface area is 125 Å². The van der Waals surface area contributed by atoms with Crippen molar-refractivity contribution in [3.8, 4) is 0 Å². The highest BCUT2D eigenvalue weighted by Gasteiger charge is 2.20. The number of hydrogen-bond acceptors (Lipinski definition) is 7. The number of carbonyl (C=O) groups excluding carboxylic acids is 2. The number of nitrogens with zero attached hydrogens (tertiary/aromatic N) is 1. The van der Waals surface area contributed by atoms with Gasteiger partial charge < -0.3 is 14.2 Å². The summed E-state index contributed by atoms with van der Waals surface area (Å²) in [7, 11) is 0. The van der Waals surface area contributed by atoms with Crippen LogP contribution in [0.1, 0.15) is 15.9 Å². The van der Waals surface area contributed by atoms with Gasteiger partial charge in [0.1, 0.15) is 19.5 Å². The molecule has 8 nitrogen and oxygen atoms in total. The third-order valence-electron chi connectivity index (χ3n) is 2.91. The molecule has 22 heavy (non-hydrogen) atoms. The normalized spacial score (nSPS) is 13.4. The van der Waals surface area contributed by atoms with E-state index in [9.17, 15) is 19.7 Å². The van der Waals surface area contributed by atoms with E-state index in [1.807, 2.05) is 0 Å². The first-order chi connectivity index (χ1) is 10.5. The summed E-state index contributed by atoms with van der Waals surface area (Å²) in [5.41, 5.74) is 0.375. The minimum absolute atomic E-state index is 0.0971. The quantitative estimate of drug-likeness (QED) is 0.351. The van der Waals surface area contributed by atoms with Crippen LogP contribution >= 0.6 is 0 Å². The standard InChI is InChI=1S/C14H13NO7/c1-9-2-3-10(6-11(9)15(18)19)12(16)7-22-14(17)13-8-20-4-5-21-13/h2-3,6,8H,4-5,7H2,1H3. The van der Waals surface area contributed by atoms with Gasteiger partial charge in [-0.25, -0.2) is 4.79 Å². The van der Waals surface area contributed by atoms with Crippen molar-refractivity contribution in [3.63, 3.8) is 0 Å². The molecule has 0 spiro atoms. The second kappa shape index (κ2) is 6.70. The maximum absolute atomic E-state index is 11.9. The maximum Gasteiger partial charge on any atom is 0.377 e. The first kappa shape index (κ1) is 15.5. The summed E-state index contributed by atoms with van der Waals surface area (Å²) in [4.78, 5) is 33.8. The van der Waals surface area contributed by atoms with E-state index in [2.05, 4.69) is 0 Å². The van der Waals surface area contributed by atoms with Crippen molar-refractivity contribution in [2.45, 2.75) is 6.92 Å². The van der Waals surface area contributed by atoms with Gasteiger partial charge in [-0.15, -0.1) is 0 Å². The molecule has 1 aliphatic heterocycles. The number of carbonyl (C=O) groups is 2. The Bertz CT molecular complexity index is 651. The third-order valence-corrected chi connectivity index (χ3v) is 2.91. The van der Waals surface area contributed by atoms with Gasteiger partial charge in [0.05, 0.1) is 4.92 Å². The highest BCUT2D eigenvalue weighted by molar-refractivity contribution is 5.99. The molecule has 116 valence electrons. The van der Waals surface area contributed by atoms with Crippen molar-refractivity contribution in [1.82, 2.24) is 0 Å². The van der Waals surface area contributed by atoms with Crippen LogP contribution in [0.4, 0.5) is 5.69 Å². The van der Waals surface area contributed by atoms with E-state index in [0.29, 0.717) is 12.2 Å². The van der Waals surface area contributed by atoms with Gasteiger partial charge in [-0.1, -0.05) is 12.1 Å². The van der Waals surface area contributed by atoms with Gasteiger partial charge in [0.25, 0.3) is 5.69 Å². The third kappa shape index (κ3) is 3.60. The van der Waals surface area contributed by atoms with Crippen molar-refractivity contribution in [2.75, 3.05) is 19.8 Å². The fraction of sp³-hybridized carbons (Fsp3) is 0.286. The fourth-order valence-corrected chi connectivity index (χ4v) is 1.74. The van der Waals surface area contributed by atoms with Gasteiger partial charge in [-0.05, 0) is 6.92 Å². The van der Waals surface area contributed by atoms with E-state index in [1.165, 1.54) is 12.1 Å². The SMILES string of the molecule is Cc1ccc(C(=O)COC(=O)C2=COCCO2)cc1[N+](=O)[O-]. The molecule has 1 aromatic rings. The minimum atomic E-state index is -0.824. The maximum atomic E-state index is 11.9. The van der Waals surface area contributed by atoms with E-state index in [4.69, 9.17) is 14.2 Å². The van der Waals surface area contributed by atoms with E-state index in [0.717, 1.165) is 12.3 Å². The fourth-order valence-electron chi connectivity index (χ4n) is 1.74. The smallest absolute Gasteiger partial charge is 0.377 e. The second-order valence-corrected chi connectivity index (χ2v) is 4.46.